The molecule has 3 aromatic rings. The Bertz CT molecular complexity index is 733. The molecule has 0 fully saturated rings. The van der Waals surface area contributed by atoms with E-state index >= 15 is 0 Å². The molecule has 0 aliphatic rings. The topological polar surface area (TPSA) is 56.5 Å². The van der Waals surface area contributed by atoms with Gasteiger partial charge in [-0.1, -0.05) is 12.1 Å². The maximum absolute atomic E-state index is 5.76. The Morgan fingerprint density at radius 2 is 1.68 bits per heavy atom. The molecule has 0 saturated carbocycles. The van der Waals surface area contributed by atoms with Crippen LogP contribution in [0.5, 0.6) is 0 Å². The predicted molar refractivity (Wildman–Crippen MR) is 73.4 cm³/mol. The third kappa shape index (κ3) is 2.39. The summed E-state index contributed by atoms with van der Waals surface area (Å²) in [4.78, 5) is 16.4. The maximum atomic E-state index is 5.76. The van der Waals surface area contributed by atoms with Gasteiger partial charge < -0.3 is 4.57 Å². The highest BCUT2D eigenvalue weighted by molar-refractivity contribution is 6.31. The fourth-order valence-electron chi connectivity index (χ4n) is 1.94. The minimum absolute atomic E-state index is 0.0914. The number of hydrogen-bond acceptors (Lipinski definition) is 4. The molecule has 2 heterocycles. The second-order valence-corrected chi connectivity index (χ2v) is 4.72. The summed E-state index contributed by atoms with van der Waals surface area (Å²) in [6.45, 7) is 0. The molecule has 0 atom stereocenters. The van der Waals surface area contributed by atoms with E-state index in [1.54, 1.807) is 0 Å². The van der Waals surface area contributed by atoms with Crippen LogP contribution in [0, 0.1) is 0 Å². The number of rotatable bonds is 2. The molecule has 0 N–H and O–H groups in total. The predicted octanol–water partition coefficient (Wildman–Crippen LogP) is 2.66. The molecule has 2 aromatic heterocycles. The van der Waals surface area contributed by atoms with Crippen LogP contribution in [0.3, 0.4) is 0 Å². The Labute approximate surface area is 119 Å². The first kappa shape index (κ1) is 12.3. The van der Waals surface area contributed by atoms with Gasteiger partial charge in [-0.05, 0) is 35.3 Å². The molecule has 0 radical (unpaired) electrons. The summed E-state index contributed by atoms with van der Waals surface area (Å²) < 4.78 is 2.00. The Morgan fingerprint density at radius 3 is 2.37 bits per heavy atom. The van der Waals surface area contributed by atoms with Gasteiger partial charge in [0, 0.05) is 7.05 Å². The fraction of sp³-hybridized carbons (Fsp3) is 0.167. The molecule has 96 valence electrons. The maximum Gasteiger partial charge on any atom is 0.226 e. The van der Waals surface area contributed by atoms with Crippen LogP contribution in [0.1, 0.15) is 11.6 Å². The van der Waals surface area contributed by atoms with Crippen molar-refractivity contribution in [1.29, 1.82) is 0 Å². The first-order valence-electron chi connectivity index (χ1n) is 5.60. The number of halogens is 2. The van der Waals surface area contributed by atoms with Gasteiger partial charge in [0.1, 0.15) is 11.6 Å². The number of hydrogen-bond donors (Lipinski definition) is 0. The van der Waals surface area contributed by atoms with Crippen LogP contribution in [0.25, 0.3) is 11.0 Å². The van der Waals surface area contributed by atoms with Crippen molar-refractivity contribution in [2.45, 2.75) is 6.42 Å². The summed E-state index contributed by atoms with van der Waals surface area (Å²) in [6, 6.07) is 7.91. The van der Waals surface area contributed by atoms with E-state index in [9.17, 15) is 0 Å². The van der Waals surface area contributed by atoms with E-state index in [2.05, 4.69) is 19.9 Å². The average Bonchev–Trinajstić information content (AvgIpc) is 2.66. The number of aromatic nitrogens is 5. The molecule has 0 saturated heterocycles. The summed E-state index contributed by atoms with van der Waals surface area (Å²) in [6.07, 6.45) is 0.452. The Balaban J connectivity index is 2.03. The minimum atomic E-state index is 0.0914. The monoisotopic (exact) mass is 293 g/mol. The average molecular weight is 294 g/mol. The van der Waals surface area contributed by atoms with Crippen molar-refractivity contribution in [2.24, 2.45) is 7.05 Å². The van der Waals surface area contributed by atoms with Crippen molar-refractivity contribution in [2.75, 3.05) is 0 Å². The van der Waals surface area contributed by atoms with E-state index in [-0.39, 0.29) is 10.6 Å². The highest BCUT2D eigenvalue weighted by Gasteiger charge is 2.11. The SMILES string of the molecule is Cn1c(Cc2nc(Cl)nc(Cl)n2)nc2ccccc21. The van der Waals surface area contributed by atoms with Crippen LogP contribution in [-0.2, 0) is 13.5 Å². The van der Waals surface area contributed by atoms with Crippen LogP contribution in [0.15, 0.2) is 24.3 Å². The Hall–Kier alpha value is -1.72. The van der Waals surface area contributed by atoms with Gasteiger partial charge in [-0.15, -0.1) is 0 Å². The van der Waals surface area contributed by atoms with E-state index in [1.165, 1.54) is 0 Å². The standard InChI is InChI=1S/C12H9Cl2N5/c1-19-8-5-3-2-4-7(8)15-10(19)6-9-16-11(13)18-12(14)17-9/h2-5H,6H2,1H3. The molecule has 7 heteroatoms. The van der Waals surface area contributed by atoms with Crippen LogP contribution in [-0.4, -0.2) is 24.5 Å². The van der Waals surface area contributed by atoms with Crippen molar-refractivity contribution in [3.63, 3.8) is 0 Å². The van der Waals surface area contributed by atoms with Gasteiger partial charge in [0.2, 0.25) is 10.6 Å². The quantitative estimate of drug-likeness (QED) is 0.729. The van der Waals surface area contributed by atoms with E-state index in [1.807, 2.05) is 35.9 Å². The summed E-state index contributed by atoms with van der Waals surface area (Å²) in [7, 11) is 1.95. The van der Waals surface area contributed by atoms with Gasteiger partial charge in [-0.2, -0.15) is 4.98 Å². The molecule has 0 bridgehead atoms. The van der Waals surface area contributed by atoms with Crippen LogP contribution >= 0.6 is 23.2 Å². The lowest BCUT2D eigenvalue weighted by atomic mass is 10.3. The van der Waals surface area contributed by atoms with E-state index in [0.717, 1.165) is 16.9 Å². The lowest BCUT2D eigenvalue weighted by Gasteiger charge is -2.02. The van der Waals surface area contributed by atoms with Crippen molar-refractivity contribution in [3.05, 3.63) is 46.5 Å². The number of nitrogens with zero attached hydrogens (tertiary/aromatic N) is 5. The molecular formula is C12H9Cl2N5. The highest BCUT2D eigenvalue weighted by Crippen LogP contribution is 2.16. The van der Waals surface area contributed by atoms with Gasteiger partial charge in [-0.3, -0.25) is 0 Å². The summed E-state index contributed by atoms with van der Waals surface area (Å²) in [5.74, 6) is 1.35. The number of fused-ring (bicyclic) bond motifs is 1. The molecule has 0 spiro atoms. The molecule has 0 amide bonds. The zero-order valence-corrected chi connectivity index (χ0v) is 11.5. The number of para-hydroxylation sites is 2. The number of aryl methyl sites for hydroxylation is 1. The van der Waals surface area contributed by atoms with Crippen LogP contribution in [0.2, 0.25) is 10.6 Å². The van der Waals surface area contributed by atoms with Crippen molar-refractivity contribution >= 4 is 34.2 Å². The molecule has 1 aromatic carbocycles. The second-order valence-electron chi connectivity index (χ2n) is 4.04. The Kier molecular flexibility index (Phi) is 3.08. The molecule has 0 unspecified atom stereocenters. The smallest absolute Gasteiger partial charge is 0.226 e. The van der Waals surface area contributed by atoms with Crippen LogP contribution < -0.4 is 0 Å². The lowest BCUT2D eigenvalue weighted by molar-refractivity contribution is 0.803. The number of benzene rings is 1. The van der Waals surface area contributed by atoms with E-state index < -0.39 is 0 Å². The van der Waals surface area contributed by atoms with Gasteiger partial charge in [-0.25, -0.2) is 15.0 Å². The minimum Gasteiger partial charge on any atom is -0.331 e. The van der Waals surface area contributed by atoms with Crippen LogP contribution in [0.4, 0.5) is 0 Å². The van der Waals surface area contributed by atoms with Gasteiger partial charge in [0.25, 0.3) is 0 Å². The summed E-state index contributed by atoms with van der Waals surface area (Å²) >= 11 is 11.5. The first-order chi connectivity index (χ1) is 9.13. The second kappa shape index (κ2) is 4.75. The van der Waals surface area contributed by atoms with Gasteiger partial charge >= 0.3 is 0 Å². The summed E-state index contributed by atoms with van der Waals surface area (Å²) in [5.41, 5.74) is 2.00. The van der Waals surface area contributed by atoms with E-state index in [4.69, 9.17) is 23.2 Å². The first-order valence-corrected chi connectivity index (χ1v) is 6.35. The third-order valence-corrected chi connectivity index (χ3v) is 3.16. The molecule has 0 aliphatic heterocycles. The van der Waals surface area contributed by atoms with Gasteiger partial charge in [0.15, 0.2) is 0 Å². The lowest BCUT2D eigenvalue weighted by Crippen LogP contribution is -2.04. The summed E-state index contributed by atoms with van der Waals surface area (Å²) in [5, 5.41) is 0.183. The van der Waals surface area contributed by atoms with Crippen molar-refractivity contribution < 1.29 is 0 Å². The molecule has 3 rings (SSSR count). The van der Waals surface area contributed by atoms with Gasteiger partial charge in [0.05, 0.1) is 17.5 Å². The molecule has 5 nitrogen and oxygen atoms in total. The zero-order chi connectivity index (χ0) is 13.4. The zero-order valence-electron chi connectivity index (χ0n) is 10.0. The van der Waals surface area contributed by atoms with E-state index in [0.29, 0.717) is 12.2 Å². The molecule has 19 heavy (non-hydrogen) atoms. The third-order valence-electron chi connectivity index (χ3n) is 2.82. The molecular weight excluding hydrogens is 285 g/mol. The fourth-order valence-corrected chi connectivity index (χ4v) is 2.34. The van der Waals surface area contributed by atoms with Crippen molar-refractivity contribution in [1.82, 2.24) is 24.5 Å². The largest absolute Gasteiger partial charge is 0.331 e. The molecule has 0 aliphatic carbocycles. The number of imidazole rings is 1. The Morgan fingerprint density at radius 1 is 1.00 bits per heavy atom. The van der Waals surface area contributed by atoms with Crippen molar-refractivity contribution in [3.8, 4) is 0 Å². The normalized spacial score (nSPS) is 11.1. The highest BCUT2D eigenvalue weighted by atomic mass is 35.5.